The number of hydrogen-bond acceptors (Lipinski definition) is 7. The average molecular weight is 809 g/mol. The summed E-state index contributed by atoms with van der Waals surface area (Å²) in [6.45, 7) is 5.36. The number of esters is 2. The molecule has 9 heteroatoms. The van der Waals surface area contributed by atoms with Gasteiger partial charge in [0.1, 0.15) is 6.61 Å². The molecule has 0 heterocycles. The molecule has 2 atom stereocenters. The molecule has 0 bridgehead atoms. The zero-order valence-corrected chi connectivity index (χ0v) is 37.2. The van der Waals surface area contributed by atoms with Crippen LogP contribution in [0, 0.1) is 0 Å². The van der Waals surface area contributed by atoms with Crippen LogP contribution in [0.4, 0.5) is 0 Å². The Kier molecular flexibility index (Phi) is 41.1. The lowest BCUT2D eigenvalue weighted by atomic mass is 10.0. The fourth-order valence-corrected chi connectivity index (χ4v) is 7.08. The van der Waals surface area contributed by atoms with Crippen LogP contribution >= 0.6 is 7.82 Å². The summed E-state index contributed by atoms with van der Waals surface area (Å²) >= 11 is 0. The van der Waals surface area contributed by atoms with Crippen molar-refractivity contribution in [3.63, 3.8) is 0 Å². The van der Waals surface area contributed by atoms with Crippen LogP contribution in [-0.4, -0.2) is 42.8 Å². The Morgan fingerprint density at radius 3 is 1.38 bits per heavy atom. The third-order valence-corrected chi connectivity index (χ3v) is 10.7. The molecule has 56 heavy (non-hydrogen) atoms. The molecule has 0 rings (SSSR count). The van der Waals surface area contributed by atoms with E-state index in [0.717, 1.165) is 70.6 Å². The Bertz CT molecular complexity index is 1050. The first-order chi connectivity index (χ1) is 27.3. The van der Waals surface area contributed by atoms with Crippen LogP contribution in [0.25, 0.3) is 0 Å². The second-order valence-corrected chi connectivity index (χ2v) is 16.5. The maximum absolute atomic E-state index is 12.6. The van der Waals surface area contributed by atoms with Gasteiger partial charge in [-0.1, -0.05) is 191 Å². The zero-order chi connectivity index (χ0) is 41.1. The van der Waals surface area contributed by atoms with E-state index in [-0.39, 0.29) is 25.6 Å². The zero-order valence-electron chi connectivity index (χ0n) is 36.3. The Morgan fingerprint density at radius 2 is 0.911 bits per heavy atom. The molecule has 0 spiro atoms. The second kappa shape index (κ2) is 42.6. The van der Waals surface area contributed by atoms with Crippen LogP contribution in [0.5, 0.6) is 0 Å². The Hall–Kier alpha value is -1.99. The molecule has 0 saturated heterocycles. The lowest BCUT2D eigenvalue weighted by Crippen LogP contribution is -2.29. The highest BCUT2D eigenvalue weighted by atomic mass is 31.2. The van der Waals surface area contributed by atoms with Gasteiger partial charge in [0, 0.05) is 12.8 Å². The van der Waals surface area contributed by atoms with E-state index in [1.165, 1.54) is 103 Å². The van der Waals surface area contributed by atoms with E-state index >= 15 is 0 Å². The summed E-state index contributed by atoms with van der Waals surface area (Å²) in [5, 5.41) is 0. The van der Waals surface area contributed by atoms with Crippen LogP contribution in [0.1, 0.15) is 213 Å². The van der Waals surface area contributed by atoms with Crippen molar-refractivity contribution < 1.29 is 37.6 Å². The minimum absolute atomic E-state index is 0.00502. The number of phosphoric acid groups is 1. The van der Waals surface area contributed by atoms with Gasteiger partial charge in [-0.2, -0.15) is 0 Å². The summed E-state index contributed by atoms with van der Waals surface area (Å²) in [4.78, 5) is 34.8. The highest BCUT2D eigenvalue weighted by Gasteiger charge is 2.25. The molecule has 2 unspecified atom stereocenters. The molecule has 0 fully saturated rings. The maximum atomic E-state index is 12.6. The topological polar surface area (TPSA) is 108 Å². The van der Waals surface area contributed by atoms with E-state index in [4.69, 9.17) is 18.5 Å². The average Bonchev–Trinajstić information content (AvgIpc) is 3.18. The highest BCUT2D eigenvalue weighted by molar-refractivity contribution is 7.47. The fourth-order valence-electron chi connectivity index (χ4n) is 6.33. The molecule has 0 aromatic rings. The molecule has 0 amide bonds. The molecule has 1 N–H and O–H groups in total. The predicted octanol–water partition coefficient (Wildman–Crippen LogP) is 14.6. The minimum atomic E-state index is -4.29. The van der Waals surface area contributed by atoms with Gasteiger partial charge in [0.2, 0.25) is 0 Å². The summed E-state index contributed by atoms with van der Waals surface area (Å²) in [5.41, 5.74) is 0. The Balaban J connectivity index is 4.06. The van der Waals surface area contributed by atoms with Gasteiger partial charge in [-0.3, -0.25) is 18.6 Å². The first-order valence-corrected chi connectivity index (χ1v) is 24.4. The monoisotopic (exact) mass is 809 g/mol. The van der Waals surface area contributed by atoms with Gasteiger partial charge in [-0.25, -0.2) is 4.57 Å². The van der Waals surface area contributed by atoms with Gasteiger partial charge in [0.05, 0.1) is 13.2 Å². The quantitative estimate of drug-likeness (QED) is 0.0281. The van der Waals surface area contributed by atoms with E-state index in [1.807, 2.05) is 0 Å². The van der Waals surface area contributed by atoms with Crippen molar-refractivity contribution in [1.82, 2.24) is 0 Å². The number of ether oxygens (including phenoxy) is 2. The molecule has 0 aliphatic carbocycles. The van der Waals surface area contributed by atoms with Crippen molar-refractivity contribution in [2.45, 2.75) is 219 Å². The van der Waals surface area contributed by atoms with E-state index in [2.05, 4.69) is 62.5 Å². The first kappa shape index (κ1) is 54.0. The summed E-state index contributed by atoms with van der Waals surface area (Å²) in [6, 6.07) is 0. The smallest absolute Gasteiger partial charge is 0.462 e. The highest BCUT2D eigenvalue weighted by Crippen LogP contribution is 2.43. The molecule has 0 aliphatic heterocycles. The van der Waals surface area contributed by atoms with Crippen LogP contribution in [0.15, 0.2) is 48.6 Å². The Morgan fingerprint density at radius 1 is 0.500 bits per heavy atom. The number of hydrogen-bond donors (Lipinski definition) is 1. The van der Waals surface area contributed by atoms with Crippen molar-refractivity contribution in [3.8, 4) is 0 Å². The van der Waals surface area contributed by atoms with Crippen LogP contribution in [0.2, 0.25) is 0 Å². The minimum Gasteiger partial charge on any atom is -0.462 e. The first-order valence-electron chi connectivity index (χ1n) is 22.9. The molecular formula is C47H85O8P. The molecule has 0 aliphatic rings. The van der Waals surface area contributed by atoms with Crippen molar-refractivity contribution in [2.24, 2.45) is 0 Å². The molecule has 0 radical (unpaired) electrons. The largest absolute Gasteiger partial charge is 0.472 e. The molecule has 0 saturated carbocycles. The number of allylic oxidation sites excluding steroid dienone is 8. The number of carbonyl (C=O) groups is 2. The fraction of sp³-hybridized carbons (Fsp3) is 0.787. The third kappa shape index (κ3) is 41.6. The SMILES string of the molecule is CC/C=C\C/C=C\C/C=C\C/C=C\CCCCCCC(=O)OC(COC(=O)CCCCCCCCCCCCCCCCCCCCC)COP(=O)(O)OCC. The van der Waals surface area contributed by atoms with E-state index in [0.29, 0.717) is 12.8 Å². The molecule has 0 aromatic carbocycles. The standard InChI is InChI=1S/C47H85O8P/c1-4-7-9-11-13-15-17-19-21-23-24-26-27-29-31-33-35-37-39-41-46(48)52-43-45(44-54-56(50,51)53-6-3)55-47(49)42-40-38-36-34-32-30-28-25-22-20-18-16-14-12-10-8-5-2/h8,10,14,16,20,22,28,30,45H,4-7,9,11-13,15,17-19,21,23-27,29,31-44H2,1-3H3,(H,50,51)/b10-8-,16-14-,22-20-,30-28-. The number of unbranched alkanes of at least 4 members (excludes halogenated alkanes) is 22. The lowest BCUT2D eigenvalue weighted by molar-refractivity contribution is -0.161. The number of carbonyl (C=O) groups excluding carboxylic acids is 2. The van der Waals surface area contributed by atoms with Crippen LogP contribution in [-0.2, 0) is 32.7 Å². The molecule has 8 nitrogen and oxygen atoms in total. The van der Waals surface area contributed by atoms with E-state index in [1.54, 1.807) is 6.92 Å². The maximum Gasteiger partial charge on any atom is 0.472 e. The molecule has 0 aromatic heterocycles. The molecule has 326 valence electrons. The summed E-state index contributed by atoms with van der Waals surface area (Å²) in [7, 11) is -4.29. The Labute approximate surface area is 344 Å². The van der Waals surface area contributed by atoms with Crippen LogP contribution in [0.3, 0.4) is 0 Å². The van der Waals surface area contributed by atoms with Crippen molar-refractivity contribution in [3.05, 3.63) is 48.6 Å². The van der Waals surface area contributed by atoms with E-state index < -0.39 is 26.5 Å². The van der Waals surface area contributed by atoms with Gasteiger partial charge in [-0.05, 0) is 58.3 Å². The molecular weight excluding hydrogens is 723 g/mol. The predicted molar refractivity (Wildman–Crippen MR) is 235 cm³/mol. The summed E-state index contributed by atoms with van der Waals surface area (Å²) in [5.74, 6) is -0.820. The van der Waals surface area contributed by atoms with Crippen molar-refractivity contribution in [1.29, 1.82) is 0 Å². The lowest BCUT2D eigenvalue weighted by Gasteiger charge is -2.19. The van der Waals surface area contributed by atoms with Gasteiger partial charge in [-0.15, -0.1) is 0 Å². The summed E-state index contributed by atoms with van der Waals surface area (Å²) < 4.78 is 32.7. The van der Waals surface area contributed by atoms with Gasteiger partial charge in [0.15, 0.2) is 6.10 Å². The van der Waals surface area contributed by atoms with E-state index in [9.17, 15) is 19.0 Å². The van der Waals surface area contributed by atoms with Gasteiger partial charge >= 0.3 is 19.8 Å². The second-order valence-electron chi connectivity index (χ2n) is 15.0. The van der Waals surface area contributed by atoms with Gasteiger partial charge < -0.3 is 14.4 Å². The van der Waals surface area contributed by atoms with Crippen molar-refractivity contribution >= 4 is 19.8 Å². The summed E-state index contributed by atoms with van der Waals surface area (Å²) in [6.07, 6.45) is 50.2. The number of phosphoric ester groups is 1. The normalized spacial score (nSPS) is 13.7. The van der Waals surface area contributed by atoms with Crippen molar-refractivity contribution in [2.75, 3.05) is 19.8 Å². The van der Waals surface area contributed by atoms with Gasteiger partial charge in [0.25, 0.3) is 0 Å². The van der Waals surface area contributed by atoms with Crippen LogP contribution < -0.4 is 0 Å². The third-order valence-electron chi connectivity index (χ3n) is 9.65. The number of rotatable bonds is 42.